The van der Waals surface area contributed by atoms with Gasteiger partial charge in [0.25, 0.3) is 0 Å². The van der Waals surface area contributed by atoms with Crippen LogP contribution in [0, 0.1) is 0 Å². The second-order valence-electron chi connectivity index (χ2n) is 12.8. The van der Waals surface area contributed by atoms with E-state index in [1.165, 1.54) is 76.8 Å². The predicted molar refractivity (Wildman–Crippen MR) is 208 cm³/mol. The Morgan fingerprint density at radius 2 is 0.837 bits per heavy atom. The number of benzene rings is 9. The zero-order chi connectivity index (χ0) is 32.3. The zero-order valence-electron chi connectivity index (χ0n) is 26.7. The van der Waals surface area contributed by atoms with Crippen LogP contribution >= 0.6 is 0 Å². The molecule has 0 amide bonds. The molecule has 0 saturated heterocycles. The van der Waals surface area contributed by atoms with Crippen molar-refractivity contribution in [2.24, 2.45) is 0 Å². The summed E-state index contributed by atoms with van der Waals surface area (Å²) >= 11 is 0. The number of hydrogen-bond acceptors (Lipinski definition) is 1. The number of fused-ring (bicyclic) bond motifs is 6. The topological polar surface area (TPSA) is 13.1 Å². The molecule has 1 aromatic heterocycles. The molecule has 49 heavy (non-hydrogen) atoms. The fraction of sp³-hybridized carbons (Fsp3) is 0. The summed E-state index contributed by atoms with van der Waals surface area (Å²) in [6.07, 6.45) is 0. The molecule has 0 aliphatic heterocycles. The van der Waals surface area contributed by atoms with Crippen LogP contribution in [-0.4, -0.2) is 0 Å². The summed E-state index contributed by atoms with van der Waals surface area (Å²) < 4.78 is 6.56. The molecule has 1 nitrogen and oxygen atoms in total. The van der Waals surface area contributed by atoms with E-state index in [2.05, 4.69) is 182 Å². The monoisotopic (exact) mass is 622 g/mol. The Morgan fingerprint density at radius 3 is 1.57 bits per heavy atom. The summed E-state index contributed by atoms with van der Waals surface area (Å²) in [7, 11) is 0. The number of furan rings is 1. The molecule has 0 bridgehead atoms. The quantitative estimate of drug-likeness (QED) is 0.178. The van der Waals surface area contributed by atoms with Gasteiger partial charge in [0.1, 0.15) is 11.2 Å². The van der Waals surface area contributed by atoms with Gasteiger partial charge in [-0.1, -0.05) is 158 Å². The number of hydrogen-bond donors (Lipinski definition) is 0. The third-order valence-corrected chi connectivity index (χ3v) is 10.0. The van der Waals surface area contributed by atoms with Gasteiger partial charge in [-0.15, -0.1) is 0 Å². The summed E-state index contributed by atoms with van der Waals surface area (Å²) in [6.45, 7) is 0. The lowest BCUT2D eigenvalue weighted by Crippen LogP contribution is -1.92. The summed E-state index contributed by atoms with van der Waals surface area (Å²) in [6, 6.07) is 65.8. The highest BCUT2D eigenvalue weighted by atomic mass is 16.3. The van der Waals surface area contributed by atoms with Crippen molar-refractivity contribution >= 4 is 54.3 Å². The molecular weight excluding hydrogens is 593 g/mol. The van der Waals surface area contributed by atoms with Gasteiger partial charge in [0.15, 0.2) is 0 Å². The van der Waals surface area contributed by atoms with E-state index < -0.39 is 0 Å². The lowest BCUT2D eigenvalue weighted by Gasteiger charge is -2.19. The average Bonchev–Trinajstić information content (AvgIpc) is 3.54. The van der Waals surface area contributed by atoms with Gasteiger partial charge in [0.05, 0.1) is 0 Å². The first-order valence-electron chi connectivity index (χ1n) is 16.8. The summed E-state index contributed by atoms with van der Waals surface area (Å²) in [5, 5.41) is 9.61. The lowest BCUT2D eigenvalue weighted by molar-refractivity contribution is 0.669. The van der Waals surface area contributed by atoms with Crippen LogP contribution in [0.3, 0.4) is 0 Å². The van der Waals surface area contributed by atoms with Crippen LogP contribution in [0.25, 0.3) is 98.8 Å². The molecule has 0 spiro atoms. The van der Waals surface area contributed by atoms with Crippen molar-refractivity contribution in [2.75, 3.05) is 0 Å². The van der Waals surface area contributed by atoms with Crippen LogP contribution in [0.5, 0.6) is 0 Å². The van der Waals surface area contributed by atoms with Crippen molar-refractivity contribution in [1.29, 1.82) is 0 Å². The van der Waals surface area contributed by atoms with Crippen LogP contribution < -0.4 is 0 Å². The Balaban J connectivity index is 1.31. The Morgan fingerprint density at radius 1 is 0.286 bits per heavy atom. The molecule has 0 N–H and O–H groups in total. The molecule has 0 unspecified atom stereocenters. The number of rotatable bonds is 4. The van der Waals surface area contributed by atoms with E-state index in [0.29, 0.717) is 0 Å². The van der Waals surface area contributed by atoms with Gasteiger partial charge in [-0.25, -0.2) is 0 Å². The van der Waals surface area contributed by atoms with Gasteiger partial charge in [0.2, 0.25) is 0 Å². The molecule has 0 saturated carbocycles. The molecule has 10 aromatic rings. The Hall–Kier alpha value is -6.44. The Labute approximate surface area is 284 Å². The molecular formula is C48H30O. The largest absolute Gasteiger partial charge is 0.456 e. The lowest BCUT2D eigenvalue weighted by atomic mass is 9.83. The SMILES string of the molecule is c1ccc(-c2ccc(-c3c4ccccc4c(-c4cccc5oc6cc7ccccc7cc6c45)c4ccc(-c5ccccc5)cc34)cc2)cc1. The zero-order valence-corrected chi connectivity index (χ0v) is 26.7. The smallest absolute Gasteiger partial charge is 0.136 e. The fourth-order valence-corrected chi connectivity index (χ4v) is 7.77. The molecule has 0 radical (unpaired) electrons. The van der Waals surface area contributed by atoms with E-state index in [9.17, 15) is 0 Å². The van der Waals surface area contributed by atoms with Crippen molar-refractivity contribution in [3.05, 3.63) is 182 Å². The minimum atomic E-state index is 0.904. The second kappa shape index (κ2) is 11.1. The first kappa shape index (κ1) is 27.7. The fourth-order valence-electron chi connectivity index (χ4n) is 7.77. The van der Waals surface area contributed by atoms with E-state index in [0.717, 1.165) is 21.9 Å². The van der Waals surface area contributed by atoms with Crippen molar-refractivity contribution in [3.63, 3.8) is 0 Å². The van der Waals surface area contributed by atoms with E-state index in [1.54, 1.807) is 0 Å². The van der Waals surface area contributed by atoms with E-state index in [1.807, 2.05) is 0 Å². The molecule has 1 heterocycles. The first-order chi connectivity index (χ1) is 24.3. The highest BCUT2D eigenvalue weighted by molar-refractivity contribution is 6.26. The van der Waals surface area contributed by atoms with Crippen LogP contribution in [0.1, 0.15) is 0 Å². The average molecular weight is 623 g/mol. The highest BCUT2D eigenvalue weighted by Gasteiger charge is 2.21. The molecule has 228 valence electrons. The van der Waals surface area contributed by atoms with Gasteiger partial charge in [-0.05, 0) is 101 Å². The second-order valence-corrected chi connectivity index (χ2v) is 12.8. The van der Waals surface area contributed by atoms with Crippen LogP contribution in [0.4, 0.5) is 0 Å². The predicted octanol–water partition coefficient (Wildman–Crippen LogP) is 13.7. The standard InChI is InChI=1S/C48H30O/c1-3-12-31(13-4-1)33-22-24-34(25-23-33)46-38-18-9-10-19-39(38)47(40-27-26-37(28-42(40)46)32-14-5-2-6-15-32)41-20-11-21-44-48(41)43-29-35-16-7-8-17-36(35)30-45(43)49-44/h1-30H. The van der Waals surface area contributed by atoms with Crippen LogP contribution in [-0.2, 0) is 0 Å². The van der Waals surface area contributed by atoms with E-state index >= 15 is 0 Å². The minimum absolute atomic E-state index is 0.904. The molecule has 0 aliphatic rings. The van der Waals surface area contributed by atoms with Gasteiger partial charge in [0, 0.05) is 10.8 Å². The molecule has 0 aliphatic carbocycles. The van der Waals surface area contributed by atoms with Crippen molar-refractivity contribution < 1.29 is 4.42 Å². The van der Waals surface area contributed by atoms with Crippen molar-refractivity contribution in [1.82, 2.24) is 0 Å². The van der Waals surface area contributed by atoms with Crippen LogP contribution in [0.2, 0.25) is 0 Å². The maximum atomic E-state index is 6.56. The minimum Gasteiger partial charge on any atom is -0.456 e. The Bertz CT molecular complexity index is 2840. The third kappa shape index (κ3) is 4.47. The van der Waals surface area contributed by atoms with Crippen LogP contribution in [0.15, 0.2) is 186 Å². The normalized spacial score (nSPS) is 11.7. The molecule has 1 heteroatoms. The summed E-state index contributed by atoms with van der Waals surface area (Å²) in [5.41, 5.74) is 11.5. The maximum Gasteiger partial charge on any atom is 0.136 e. The van der Waals surface area contributed by atoms with Gasteiger partial charge < -0.3 is 4.42 Å². The molecule has 10 rings (SSSR count). The summed E-state index contributed by atoms with van der Waals surface area (Å²) in [5.74, 6) is 0. The molecule has 0 fully saturated rings. The van der Waals surface area contributed by atoms with E-state index in [4.69, 9.17) is 4.42 Å². The summed E-state index contributed by atoms with van der Waals surface area (Å²) in [4.78, 5) is 0. The Kier molecular flexibility index (Phi) is 6.25. The van der Waals surface area contributed by atoms with Gasteiger partial charge in [-0.3, -0.25) is 0 Å². The molecule has 0 atom stereocenters. The highest BCUT2D eigenvalue weighted by Crippen LogP contribution is 2.48. The van der Waals surface area contributed by atoms with E-state index in [-0.39, 0.29) is 0 Å². The first-order valence-corrected chi connectivity index (χ1v) is 16.8. The van der Waals surface area contributed by atoms with Gasteiger partial charge in [-0.2, -0.15) is 0 Å². The maximum absolute atomic E-state index is 6.56. The third-order valence-electron chi connectivity index (χ3n) is 10.0. The van der Waals surface area contributed by atoms with Crippen molar-refractivity contribution in [3.8, 4) is 44.5 Å². The molecule has 9 aromatic carbocycles. The van der Waals surface area contributed by atoms with Gasteiger partial charge >= 0.3 is 0 Å². The van der Waals surface area contributed by atoms with Crippen molar-refractivity contribution in [2.45, 2.75) is 0 Å².